The number of hydrogen-bond acceptors (Lipinski definition) is 5. The van der Waals surface area contributed by atoms with E-state index in [2.05, 4.69) is 23.5 Å². The second kappa shape index (κ2) is 10.8. The van der Waals surface area contributed by atoms with Crippen LogP contribution in [0.3, 0.4) is 0 Å². The first-order chi connectivity index (χ1) is 15.0. The summed E-state index contributed by atoms with van der Waals surface area (Å²) in [5.41, 5.74) is 4.80. The molecular weight excluding hydrogens is 394 g/mol. The maximum Gasteiger partial charge on any atom is 0.306 e. The molecule has 0 fully saturated rings. The molecule has 166 valence electrons. The molecule has 0 saturated carbocycles. The van der Waals surface area contributed by atoms with Crippen molar-refractivity contribution in [2.45, 2.75) is 51.5 Å². The maximum absolute atomic E-state index is 12.2. The highest BCUT2D eigenvalue weighted by molar-refractivity contribution is 5.80. The van der Waals surface area contributed by atoms with Gasteiger partial charge in [0.25, 0.3) is 5.91 Å². The van der Waals surface area contributed by atoms with Gasteiger partial charge in [-0.2, -0.15) is 0 Å². The number of fused-ring (bicyclic) bond motifs is 1. The average molecular weight is 426 g/mol. The van der Waals surface area contributed by atoms with Crippen molar-refractivity contribution in [1.82, 2.24) is 5.32 Å². The highest BCUT2D eigenvalue weighted by Gasteiger charge is 2.15. The highest BCUT2D eigenvalue weighted by Crippen LogP contribution is 2.28. The summed E-state index contributed by atoms with van der Waals surface area (Å²) in [6.45, 7) is 1.67. The van der Waals surface area contributed by atoms with E-state index in [0.717, 1.165) is 24.0 Å². The Balaban J connectivity index is 1.43. The van der Waals surface area contributed by atoms with Crippen LogP contribution < -0.4 is 14.8 Å². The Morgan fingerprint density at radius 2 is 1.71 bits per heavy atom. The van der Waals surface area contributed by atoms with Crippen LogP contribution in [0.2, 0.25) is 0 Å². The summed E-state index contributed by atoms with van der Waals surface area (Å²) in [4.78, 5) is 24.3. The van der Waals surface area contributed by atoms with Crippen molar-refractivity contribution in [3.63, 3.8) is 0 Å². The summed E-state index contributed by atoms with van der Waals surface area (Å²) >= 11 is 0. The Morgan fingerprint density at radius 1 is 0.968 bits per heavy atom. The summed E-state index contributed by atoms with van der Waals surface area (Å²) in [6, 6.07) is 11.8. The van der Waals surface area contributed by atoms with Crippen molar-refractivity contribution in [1.29, 1.82) is 0 Å². The van der Waals surface area contributed by atoms with Crippen LogP contribution >= 0.6 is 0 Å². The predicted octanol–water partition coefficient (Wildman–Crippen LogP) is 3.94. The zero-order valence-electron chi connectivity index (χ0n) is 18.5. The first kappa shape index (κ1) is 22.7. The van der Waals surface area contributed by atoms with E-state index in [0.29, 0.717) is 17.9 Å². The number of methoxy groups -OCH3 is 2. The molecule has 1 amide bonds. The molecule has 0 radical (unpaired) electrons. The van der Waals surface area contributed by atoms with Crippen molar-refractivity contribution in [2.75, 3.05) is 20.8 Å². The topological polar surface area (TPSA) is 73.9 Å². The molecular formula is C25H31NO5. The third kappa shape index (κ3) is 6.23. The lowest BCUT2D eigenvalue weighted by Gasteiger charge is -2.20. The molecule has 1 aliphatic carbocycles. The zero-order chi connectivity index (χ0) is 22.2. The summed E-state index contributed by atoms with van der Waals surface area (Å²) in [5.74, 6) is 0.540. The molecule has 0 aliphatic heterocycles. The molecule has 1 N–H and O–H groups in total. The van der Waals surface area contributed by atoms with Gasteiger partial charge in [-0.05, 0) is 73.4 Å². The van der Waals surface area contributed by atoms with Gasteiger partial charge in [0.1, 0.15) is 0 Å². The normalized spacial score (nSPS) is 13.6. The number of carbonyl (C=O) groups excluding carboxylic acids is 2. The van der Waals surface area contributed by atoms with Crippen molar-refractivity contribution in [3.8, 4) is 11.5 Å². The minimum atomic E-state index is -0.411. The van der Waals surface area contributed by atoms with Gasteiger partial charge in [-0.1, -0.05) is 24.3 Å². The number of rotatable bonds is 9. The van der Waals surface area contributed by atoms with E-state index in [1.165, 1.54) is 24.0 Å². The van der Waals surface area contributed by atoms with E-state index in [1.807, 2.05) is 19.1 Å². The predicted molar refractivity (Wildman–Crippen MR) is 118 cm³/mol. The van der Waals surface area contributed by atoms with Gasteiger partial charge in [-0.15, -0.1) is 0 Å². The van der Waals surface area contributed by atoms with Crippen LogP contribution in [0.1, 0.15) is 54.5 Å². The molecule has 6 heteroatoms. The molecule has 1 aliphatic rings. The van der Waals surface area contributed by atoms with Gasteiger partial charge in [0, 0.05) is 6.42 Å². The Bertz CT molecular complexity index is 924. The fourth-order valence-corrected chi connectivity index (χ4v) is 3.89. The number of carbonyl (C=O) groups is 2. The lowest BCUT2D eigenvalue weighted by atomic mass is 9.89. The summed E-state index contributed by atoms with van der Waals surface area (Å²) < 4.78 is 15.6. The quantitative estimate of drug-likeness (QED) is 0.616. The van der Waals surface area contributed by atoms with E-state index < -0.39 is 5.97 Å². The molecule has 2 aromatic rings. The number of hydrogen-bond donors (Lipinski definition) is 1. The molecule has 2 aromatic carbocycles. The van der Waals surface area contributed by atoms with Crippen LogP contribution in [-0.4, -0.2) is 32.7 Å². The van der Waals surface area contributed by atoms with Crippen LogP contribution in [0.15, 0.2) is 36.4 Å². The lowest BCUT2D eigenvalue weighted by Crippen LogP contribution is -2.31. The monoisotopic (exact) mass is 425 g/mol. The second-order valence-corrected chi connectivity index (χ2v) is 7.87. The number of esters is 1. The summed E-state index contributed by atoms with van der Waals surface area (Å²) in [6.07, 6.45) is 5.37. The zero-order valence-corrected chi connectivity index (χ0v) is 18.5. The average Bonchev–Trinajstić information content (AvgIpc) is 2.80. The van der Waals surface area contributed by atoms with Gasteiger partial charge >= 0.3 is 5.97 Å². The van der Waals surface area contributed by atoms with E-state index in [9.17, 15) is 9.59 Å². The third-order valence-electron chi connectivity index (χ3n) is 5.68. The summed E-state index contributed by atoms with van der Waals surface area (Å²) in [7, 11) is 3.14. The Labute approximate surface area is 183 Å². The molecule has 6 nitrogen and oxygen atoms in total. The number of ether oxygens (including phenoxy) is 3. The first-order valence-corrected chi connectivity index (χ1v) is 10.8. The minimum absolute atomic E-state index is 0.134. The van der Waals surface area contributed by atoms with Crippen LogP contribution in [0, 0.1) is 0 Å². The van der Waals surface area contributed by atoms with Crippen LogP contribution in [0.4, 0.5) is 0 Å². The van der Waals surface area contributed by atoms with Crippen LogP contribution in [-0.2, 0) is 33.6 Å². The van der Waals surface area contributed by atoms with Crippen molar-refractivity contribution in [2.24, 2.45) is 0 Å². The minimum Gasteiger partial charge on any atom is -0.493 e. The summed E-state index contributed by atoms with van der Waals surface area (Å²) in [5, 5.41) is 2.91. The van der Waals surface area contributed by atoms with Gasteiger partial charge in [0.15, 0.2) is 18.1 Å². The molecule has 0 unspecified atom stereocenters. The van der Waals surface area contributed by atoms with E-state index in [4.69, 9.17) is 14.2 Å². The molecule has 0 bridgehead atoms. The third-order valence-corrected chi connectivity index (χ3v) is 5.68. The largest absolute Gasteiger partial charge is 0.493 e. The van der Waals surface area contributed by atoms with Gasteiger partial charge < -0.3 is 19.5 Å². The first-order valence-electron chi connectivity index (χ1n) is 10.8. The van der Waals surface area contributed by atoms with E-state index in [1.54, 1.807) is 20.3 Å². The van der Waals surface area contributed by atoms with Gasteiger partial charge in [0.2, 0.25) is 0 Å². The number of amides is 1. The smallest absolute Gasteiger partial charge is 0.306 e. The number of benzene rings is 2. The van der Waals surface area contributed by atoms with Crippen molar-refractivity contribution >= 4 is 11.9 Å². The number of nitrogens with one attached hydrogen (secondary N) is 1. The Kier molecular flexibility index (Phi) is 7.93. The van der Waals surface area contributed by atoms with Crippen molar-refractivity contribution in [3.05, 3.63) is 58.7 Å². The van der Waals surface area contributed by atoms with Crippen LogP contribution in [0.25, 0.3) is 0 Å². The van der Waals surface area contributed by atoms with Crippen molar-refractivity contribution < 1.29 is 23.8 Å². The molecule has 0 spiro atoms. The molecule has 3 rings (SSSR count). The molecule has 31 heavy (non-hydrogen) atoms. The fraction of sp³-hybridized carbons (Fsp3) is 0.440. The molecule has 1 atom stereocenters. The van der Waals surface area contributed by atoms with Crippen LogP contribution in [0.5, 0.6) is 11.5 Å². The standard InChI is InChI=1S/C25H31NO5/c1-17(20-11-10-19-6-4-5-7-21(19)15-20)26-24(27)16-31-25(28)13-9-18-8-12-22(29-2)23(14-18)30-3/h8,10-12,14-15,17H,4-7,9,13,16H2,1-3H3,(H,26,27)/t17-/m1/s1. The van der Waals surface area contributed by atoms with E-state index in [-0.39, 0.29) is 25.0 Å². The Morgan fingerprint density at radius 3 is 2.45 bits per heavy atom. The number of aryl methyl sites for hydroxylation is 3. The maximum atomic E-state index is 12.2. The SMILES string of the molecule is COc1ccc(CCC(=O)OCC(=O)N[C@H](C)c2ccc3c(c2)CCCC3)cc1OC. The van der Waals surface area contributed by atoms with Gasteiger partial charge in [-0.3, -0.25) is 9.59 Å². The lowest BCUT2D eigenvalue weighted by molar-refractivity contribution is -0.148. The van der Waals surface area contributed by atoms with Gasteiger partial charge in [-0.25, -0.2) is 0 Å². The molecule has 0 saturated heterocycles. The van der Waals surface area contributed by atoms with Gasteiger partial charge in [0.05, 0.1) is 20.3 Å². The molecule has 0 heterocycles. The Hall–Kier alpha value is -3.02. The molecule has 0 aromatic heterocycles. The second-order valence-electron chi connectivity index (χ2n) is 7.87. The highest BCUT2D eigenvalue weighted by atomic mass is 16.5. The fourth-order valence-electron chi connectivity index (χ4n) is 3.89. The van der Waals surface area contributed by atoms with E-state index >= 15 is 0 Å².